The number of carbonyl (C=O) groups is 1. The van der Waals surface area contributed by atoms with Crippen LogP contribution < -0.4 is 15.6 Å². The first kappa shape index (κ1) is 19.2. The average Bonchev–Trinajstić information content (AvgIpc) is 3.09. The summed E-state index contributed by atoms with van der Waals surface area (Å²) in [6.07, 6.45) is -3.12. The topological polar surface area (TPSA) is 85.4 Å². The van der Waals surface area contributed by atoms with Gasteiger partial charge in [-0.05, 0) is 38.4 Å². The Kier molecular flexibility index (Phi) is 4.90. The molecule has 9 heteroatoms. The van der Waals surface area contributed by atoms with Gasteiger partial charge in [-0.3, -0.25) is 4.79 Å². The first-order valence-electron chi connectivity index (χ1n) is 8.56. The minimum atomic E-state index is -4.70. The molecule has 1 aliphatic rings. The number of alkyl halides is 3. The fraction of sp³-hybridized carbons (Fsp3) is 0.444. The van der Waals surface area contributed by atoms with Gasteiger partial charge in [-0.1, -0.05) is 0 Å². The number of rotatable bonds is 4. The molecule has 0 amide bonds. The molecule has 1 saturated heterocycles. The van der Waals surface area contributed by atoms with Crippen LogP contribution in [-0.2, 0) is 6.18 Å². The standard InChI is InChI=1S/C18H20F3N3O3/c1-9(22-2)10-5-6-24(8-10)13-4-3-11-15(14(13)18(19,20)21)23-7-12(16(11)25)17(26)27/h3-4,7,9-10,22H,5-6,8H2,1-2H3,(H,23,25)(H,26,27). The van der Waals surface area contributed by atoms with Gasteiger partial charge in [0.25, 0.3) is 0 Å². The summed E-state index contributed by atoms with van der Waals surface area (Å²) >= 11 is 0. The molecular weight excluding hydrogens is 363 g/mol. The fourth-order valence-corrected chi connectivity index (χ4v) is 3.65. The molecule has 3 rings (SSSR count). The van der Waals surface area contributed by atoms with Gasteiger partial charge in [-0.2, -0.15) is 13.2 Å². The zero-order chi connectivity index (χ0) is 19.9. The highest BCUT2D eigenvalue weighted by Gasteiger charge is 2.39. The lowest BCUT2D eigenvalue weighted by atomic mass is 10.0. The number of H-pyrrole nitrogens is 1. The number of fused-ring (bicyclic) bond motifs is 1. The molecule has 146 valence electrons. The van der Waals surface area contributed by atoms with E-state index in [1.807, 2.05) is 14.0 Å². The molecule has 1 aromatic heterocycles. The van der Waals surface area contributed by atoms with Crippen molar-refractivity contribution in [2.75, 3.05) is 25.0 Å². The summed E-state index contributed by atoms with van der Waals surface area (Å²) < 4.78 is 41.6. The maximum atomic E-state index is 13.9. The molecular formula is C18H20F3N3O3. The van der Waals surface area contributed by atoms with Crippen LogP contribution in [0, 0.1) is 5.92 Å². The van der Waals surface area contributed by atoms with Crippen LogP contribution in [0.15, 0.2) is 23.1 Å². The van der Waals surface area contributed by atoms with Crippen molar-refractivity contribution in [3.05, 3.63) is 39.7 Å². The van der Waals surface area contributed by atoms with Gasteiger partial charge in [-0.15, -0.1) is 0 Å². The van der Waals surface area contributed by atoms with E-state index < -0.39 is 28.7 Å². The Labute approximate surface area is 153 Å². The Bertz CT molecular complexity index is 939. The van der Waals surface area contributed by atoms with E-state index in [9.17, 15) is 22.8 Å². The third-order valence-electron chi connectivity index (χ3n) is 5.28. The summed E-state index contributed by atoms with van der Waals surface area (Å²) in [6.45, 7) is 2.93. The Morgan fingerprint density at radius 1 is 1.41 bits per heavy atom. The Morgan fingerprint density at radius 3 is 2.70 bits per heavy atom. The van der Waals surface area contributed by atoms with E-state index in [0.717, 1.165) is 12.6 Å². The molecule has 3 N–H and O–H groups in total. The molecule has 2 atom stereocenters. The van der Waals surface area contributed by atoms with E-state index in [-0.39, 0.29) is 28.6 Å². The van der Waals surface area contributed by atoms with Crippen LogP contribution in [0.1, 0.15) is 29.3 Å². The number of carboxylic acids is 1. The molecule has 1 aliphatic heterocycles. The normalized spacial score (nSPS) is 18.9. The monoisotopic (exact) mass is 383 g/mol. The lowest BCUT2D eigenvalue weighted by Crippen LogP contribution is -2.33. The smallest absolute Gasteiger partial charge is 0.420 e. The maximum absolute atomic E-state index is 13.9. The SMILES string of the molecule is CNC(C)C1CCN(c2ccc3c(=O)c(C(=O)O)c[nH]c3c2C(F)(F)F)C1. The molecule has 2 aromatic rings. The van der Waals surface area contributed by atoms with Crippen molar-refractivity contribution in [2.24, 2.45) is 5.92 Å². The van der Waals surface area contributed by atoms with Crippen LogP contribution in [0.5, 0.6) is 0 Å². The maximum Gasteiger partial charge on any atom is 0.420 e. The van der Waals surface area contributed by atoms with Gasteiger partial charge in [0, 0.05) is 30.7 Å². The summed E-state index contributed by atoms with van der Waals surface area (Å²) in [6, 6.07) is 2.70. The summed E-state index contributed by atoms with van der Waals surface area (Å²) in [5.74, 6) is -1.28. The number of nitrogens with zero attached hydrogens (tertiary/aromatic N) is 1. The first-order chi connectivity index (χ1) is 12.6. The molecule has 0 spiro atoms. The number of nitrogens with one attached hydrogen (secondary N) is 2. The molecule has 2 unspecified atom stereocenters. The lowest BCUT2D eigenvalue weighted by molar-refractivity contribution is -0.135. The Morgan fingerprint density at radius 2 is 2.11 bits per heavy atom. The van der Waals surface area contributed by atoms with Crippen LogP contribution in [0.3, 0.4) is 0 Å². The van der Waals surface area contributed by atoms with E-state index in [2.05, 4.69) is 10.3 Å². The van der Waals surface area contributed by atoms with Gasteiger partial charge < -0.3 is 20.3 Å². The highest BCUT2D eigenvalue weighted by atomic mass is 19.4. The van der Waals surface area contributed by atoms with Crippen molar-refractivity contribution in [2.45, 2.75) is 25.6 Å². The molecule has 1 aromatic carbocycles. The van der Waals surface area contributed by atoms with Crippen molar-refractivity contribution in [3.8, 4) is 0 Å². The van der Waals surface area contributed by atoms with Gasteiger partial charge in [0.1, 0.15) is 11.1 Å². The van der Waals surface area contributed by atoms with Gasteiger partial charge in [0.2, 0.25) is 5.43 Å². The molecule has 0 saturated carbocycles. The van der Waals surface area contributed by atoms with Crippen molar-refractivity contribution in [1.29, 1.82) is 0 Å². The number of aromatic nitrogens is 1. The summed E-state index contributed by atoms with van der Waals surface area (Å²) in [7, 11) is 1.81. The van der Waals surface area contributed by atoms with E-state index in [1.165, 1.54) is 12.1 Å². The number of hydrogen-bond acceptors (Lipinski definition) is 4. The third kappa shape index (κ3) is 3.39. The highest BCUT2D eigenvalue weighted by molar-refractivity contribution is 5.94. The van der Waals surface area contributed by atoms with Crippen molar-refractivity contribution < 1.29 is 23.1 Å². The van der Waals surface area contributed by atoms with Crippen molar-refractivity contribution >= 4 is 22.6 Å². The van der Waals surface area contributed by atoms with Gasteiger partial charge in [-0.25, -0.2) is 4.79 Å². The minimum Gasteiger partial charge on any atom is -0.477 e. The number of aromatic carboxylic acids is 1. The zero-order valence-electron chi connectivity index (χ0n) is 14.9. The number of benzene rings is 1. The molecule has 2 heterocycles. The minimum absolute atomic E-state index is 0.000437. The second-order valence-corrected chi connectivity index (χ2v) is 6.79. The van der Waals surface area contributed by atoms with Crippen LogP contribution in [0.25, 0.3) is 10.9 Å². The lowest BCUT2D eigenvalue weighted by Gasteiger charge is -2.25. The quantitative estimate of drug-likeness (QED) is 0.756. The Balaban J connectivity index is 2.16. The van der Waals surface area contributed by atoms with Crippen molar-refractivity contribution in [1.82, 2.24) is 10.3 Å². The van der Waals surface area contributed by atoms with Crippen LogP contribution in [-0.4, -0.2) is 42.2 Å². The molecule has 27 heavy (non-hydrogen) atoms. The van der Waals surface area contributed by atoms with Gasteiger partial charge in [0.15, 0.2) is 0 Å². The molecule has 6 nitrogen and oxygen atoms in total. The second-order valence-electron chi connectivity index (χ2n) is 6.79. The molecule has 1 fully saturated rings. The van der Waals surface area contributed by atoms with E-state index >= 15 is 0 Å². The summed E-state index contributed by atoms with van der Waals surface area (Å²) in [4.78, 5) is 27.4. The second kappa shape index (κ2) is 6.88. The van der Waals surface area contributed by atoms with E-state index in [0.29, 0.717) is 13.1 Å². The number of hydrogen-bond donors (Lipinski definition) is 3. The summed E-state index contributed by atoms with van der Waals surface area (Å²) in [5, 5.41) is 11.9. The first-order valence-corrected chi connectivity index (χ1v) is 8.56. The molecule has 0 radical (unpaired) electrons. The predicted molar refractivity (Wildman–Crippen MR) is 95.4 cm³/mol. The summed E-state index contributed by atoms with van der Waals surface area (Å²) in [5.41, 5.74) is -2.85. The van der Waals surface area contributed by atoms with Gasteiger partial charge in [0.05, 0.1) is 11.2 Å². The Hall–Kier alpha value is -2.55. The number of halogens is 3. The number of pyridine rings is 1. The van der Waals surface area contributed by atoms with Crippen LogP contribution in [0.4, 0.5) is 18.9 Å². The predicted octanol–water partition coefficient (Wildman–Crippen LogP) is 2.68. The molecule has 0 bridgehead atoms. The molecule has 0 aliphatic carbocycles. The van der Waals surface area contributed by atoms with Crippen molar-refractivity contribution in [3.63, 3.8) is 0 Å². The average molecular weight is 383 g/mol. The number of anilines is 1. The van der Waals surface area contributed by atoms with E-state index in [4.69, 9.17) is 5.11 Å². The van der Waals surface area contributed by atoms with Gasteiger partial charge >= 0.3 is 12.1 Å². The van der Waals surface area contributed by atoms with Crippen LogP contribution >= 0.6 is 0 Å². The largest absolute Gasteiger partial charge is 0.477 e. The fourth-order valence-electron chi connectivity index (χ4n) is 3.65. The van der Waals surface area contributed by atoms with Crippen LogP contribution in [0.2, 0.25) is 0 Å². The number of carboxylic acid groups (broad SMARTS) is 1. The number of aromatic amines is 1. The third-order valence-corrected chi connectivity index (χ3v) is 5.28. The van der Waals surface area contributed by atoms with E-state index in [1.54, 1.807) is 4.90 Å². The highest BCUT2D eigenvalue weighted by Crippen LogP contribution is 2.41. The zero-order valence-corrected chi connectivity index (χ0v) is 14.9.